The van der Waals surface area contributed by atoms with E-state index in [0.29, 0.717) is 14.9 Å². The minimum atomic E-state index is -0.635. The molecule has 2 heterocycles. The minimum Gasteiger partial charge on any atom is -0.479 e. The molecule has 1 aromatic carbocycles. The zero-order valence-electron chi connectivity index (χ0n) is 12.9. The fourth-order valence-electron chi connectivity index (χ4n) is 1.94. The van der Waals surface area contributed by atoms with E-state index in [-0.39, 0.29) is 11.6 Å². The Bertz CT molecular complexity index is 901. The molecular weight excluding hydrogens is 367 g/mol. The van der Waals surface area contributed by atoms with Crippen molar-refractivity contribution in [1.29, 1.82) is 0 Å². The lowest BCUT2D eigenvalue weighted by molar-refractivity contribution is 0.0966. The molecule has 0 saturated carbocycles. The van der Waals surface area contributed by atoms with Crippen LogP contribution in [0.4, 0.5) is 10.1 Å². The number of hydrogen-bond acceptors (Lipinski definition) is 6. The van der Waals surface area contributed by atoms with Crippen molar-refractivity contribution in [2.75, 3.05) is 12.5 Å². The van der Waals surface area contributed by atoms with Crippen LogP contribution >= 0.6 is 22.9 Å². The second-order valence-electron chi connectivity index (χ2n) is 4.83. The number of methoxy groups -OCH3 is 1. The van der Waals surface area contributed by atoms with E-state index in [1.54, 1.807) is 12.1 Å². The lowest BCUT2D eigenvalue weighted by Crippen LogP contribution is -2.28. The molecule has 0 atom stereocenters. The lowest BCUT2D eigenvalue weighted by atomic mass is 10.2. The second kappa shape index (κ2) is 7.45. The Kier molecular flexibility index (Phi) is 5.11. The fraction of sp³-hybridized carbons (Fsp3) is 0.0625. The molecule has 3 rings (SSSR count). The smallest absolute Gasteiger partial charge is 0.281 e. The molecule has 25 heavy (non-hydrogen) atoms. The average molecular weight is 379 g/mol. The first-order valence-corrected chi connectivity index (χ1v) is 8.24. The maximum absolute atomic E-state index is 13.6. The van der Waals surface area contributed by atoms with Gasteiger partial charge >= 0.3 is 0 Å². The van der Waals surface area contributed by atoms with Gasteiger partial charge in [0.25, 0.3) is 5.91 Å². The SMILES string of the molecule is COc1ncc(NNC(=O)c2cnc(-c3ccc(Cl)cc3)s2)cc1F. The predicted molar refractivity (Wildman–Crippen MR) is 94.4 cm³/mol. The van der Waals surface area contributed by atoms with Gasteiger partial charge in [-0.15, -0.1) is 11.3 Å². The van der Waals surface area contributed by atoms with Gasteiger partial charge in [-0.1, -0.05) is 23.7 Å². The van der Waals surface area contributed by atoms with Crippen molar-refractivity contribution in [3.05, 3.63) is 58.4 Å². The Balaban J connectivity index is 1.66. The molecule has 3 aromatic rings. The van der Waals surface area contributed by atoms with Crippen LogP contribution in [-0.4, -0.2) is 23.0 Å². The summed E-state index contributed by atoms with van der Waals surface area (Å²) in [6, 6.07) is 8.33. The van der Waals surface area contributed by atoms with Crippen LogP contribution < -0.4 is 15.6 Å². The lowest BCUT2D eigenvalue weighted by Gasteiger charge is -2.08. The number of pyridine rings is 1. The minimum absolute atomic E-state index is 0.119. The molecule has 128 valence electrons. The number of nitrogens with one attached hydrogen (secondary N) is 2. The fourth-order valence-corrected chi connectivity index (χ4v) is 2.88. The predicted octanol–water partition coefficient (Wildman–Crippen LogP) is 3.76. The van der Waals surface area contributed by atoms with Crippen LogP contribution in [0.25, 0.3) is 10.6 Å². The van der Waals surface area contributed by atoms with Crippen molar-refractivity contribution in [3.8, 4) is 16.5 Å². The number of nitrogens with zero attached hydrogens (tertiary/aromatic N) is 2. The highest BCUT2D eigenvalue weighted by Gasteiger charge is 2.12. The Hall–Kier alpha value is -2.71. The van der Waals surface area contributed by atoms with E-state index in [4.69, 9.17) is 16.3 Å². The van der Waals surface area contributed by atoms with Crippen molar-refractivity contribution >= 4 is 34.5 Å². The van der Waals surface area contributed by atoms with Gasteiger partial charge in [0.2, 0.25) is 5.88 Å². The van der Waals surface area contributed by atoms with Crippen LogP contribution in [0, 0.1) is 5.82 Å². The summed E-state index contributed by atoms with van der Waals surface area (Å²) in [7, 11) is 1.32. The Morgan fingerprint density at radius 2 is 2.00 bits per heavy atom. The summed E-state index contributed by atoms with van der Waals surface area (Å²) < 4.78 is 18.3. The molecular formula is C16H12ClFN4O2S. The number of anilines is 1. The third-order valence-corrected chi connectivity index (χ3v) is 4.44. The highest BCUT2D eigenvalue weighted by Crippen LogP contribution is 2.26. The quantitative estimate of drug-likeness (QED) is 0.661. The standard InChI is InChI=1S/C16H12ClFN4O2S/c1-24-15-12(18)6-11(7-19-15)21-22-14(23)13-8-20-16(25-13)9-2-4-10(17)5-3-9/h2-8,21H,1H3,(H,22,23). The number of halogens is 2. The van der Waals surface area contributed by atoms with Crippen molar-refractivity contribution in [1.82, 2.24) is 15.4 Å². The molecule has 6 nitrogen and oxygen atoms in total. The number of carbonyl (C=O) groups is 1. The van der Waals surface area contributed by atoms with Crippen LogP contribution in [0.15, 0.2) is 42.7 Å². The maximum atomic E-state index is 13.6. The Labute approximate surface area is 151 Å². The molecule has 0 spiro atoms. The van der Waals surface area contributed by atoms with Crippen LogP contribution in [0.1, 0.15) is 9.67 Å². The largest absolute Gasteiger partial charge is 0.479 e. The summed E-state index contributed by atoms with van der Waals surface area (Å²) in [6.07, 6.45) is 2.81. The van der Waals surface area contributed by atoms with Crippen molar-refractivity contribution in [2.24, 2.45) is 0 Å². The molecule has 9 heteroatoms. The summed E-state index contributed by atoms with van der Waals surface area (Å²) in [5, 5.41) is 1.32. The van der Waals surface area contributed by atoms with Gasteiger partial charge in [-0.3, -0.25) is 15.6 Å². The van der Waals surface area contributed by atoms with Gasteiger partial charge < -0.3 is 4.74 Å². The highest BCUT2D eigenvalue weighted by molar-refractivity contribution is 7.16. The van der Waals surface area contributed by atoms with Crippen molar-refractivity contribution < 1.29 is 13.9 Å². The zero-order chi connectivity index (χ0) is 17.8. The number of hydrogen-bond donors (Lipinski definition) is 2. The first-order chi connectivity index (χ1) is 12.1. The zero-order valence-corrected chi connectivity index (χ0v) is 14.5. The van der Waals surface area contributed by atoms with Gasteiger partial charge in [0.05, 0.1) is 25.2 Å². The molecule has 0 radical (unpaired) electrons. The van der Waals surface area contributed by atoms with E-state index in [1.807, 2.05) is 12.1 Å². The summed E-state index contributed by atoms with van der Waals surface area (Å²) in [4.78, 5) is 20.6. The number of hydrazine groups is 1. The molecule has 0 saturated heterocycles. The number of benzene rings is 1. The summed E-state index contributed by atoms with van der Waals surface area (Å²) in [6.45, 7) is 0. The van der Waals surface area contributed by atoms with Gasteiger partial charge in [-0.25, -0.2) is 14.4 Å². The third kappa shape index (κ3) is 4.04. The topological polar surface area (TPSA) is 76.1 Å². The number of thiazole rings is 1. The molecule has 0 aliphatic heterocycles. The van der Waals surface area contributed by atoms with Gasteiger partial charge in [0.1, 0.15) is 9.88 Å². The molecule has 0 aliphatic carbocycles. The van der Waals surface area contributed by atoms with E-state index in [0.717, 1.165) is 11.6 Å². The van der Waals surface area contributed by atoms with E-state index < -0.39 is 11.7 Å². The van der Waals surface area contributed by atoms with E-state index in [2.05, 4.69) is 20.8 Å². The maximum Gasteiger partial charge on any atom is 0.281 e. The number of ether oxygens (including phenoxy) is 1. The summed E-state index contributed by atoms with van der Waals surface area (Å²) >= 11 is 7.08. The van der Waals surface area contributed by atoms with Crippen LogP contribution in [0.5, 0.6) is 5.88 Å². The Morgan fingerprint density at radius 3 is 2.68 bits per heavy atom. The normalized spacial score (nSPS) is 10.4. The Morgan fingerprint density at radius 1 is 1.24 bits per heavy atom. The molecule has 2 N–H and O–H groups in total. The molecule has 0 unspecified atom stereocenters. The molecule has 0 bridgehead atoms. The highest BCUT2D eigenvalue weighted by atomic mass is 35.5. The van der Waals surface area contributed by atoms with E-state index >= 15 is 0 Å². The van der Waals surface area contributed by atoms with Crippen molar-refractivity contribution in [2.45, 2.75) is 0 Å². The summed E-state index contributed by atoms with van der Waals surface area (Å²) in [5.41, 5.74) is 6.21. The van der Waals surface area contributed by atoms with Crippen LogP contribution in [0.2, 0.25) is 5.02 Å². The molecule has 0 fully saturated rings. The van der Waals surface area contributed by atoms with Gasteiger partial charge in [-0.2, -0.15) is 0 Å². The molecule has 0 aliphatic rings. The van der Waals surface area contributed by atoms with Gasteiger partial charge in [0.15, 0.2) is 5.82 Å². The van der Waals surface area contributed by atoms with Crippen molar-refractivity contribution in [3.63, 3.8) is 0 Å². The number of carbonyl (C=O) groups excluding carboxylic acids is 1. The first kappa shape index (κ1) is 17.1. The second-order valence-corrected chi connectivity index (χ2v) is 6.30. The van der Waals surface area contributed by atoms with E-state index in [9.17, 15) is 9.18 Å². The van der Waals surface area contributed by atoms with Crippen LogP contribution in [-0.2, 0) is 0 Å². The van der Waals surface area contributed by atoms with E-state index in [1.165, 1.54) is 30.8 Å². The van der Waals surface area contributed by atoms with Gasteiger partial charge in [-0.05, 0) is 12.1 Å². The van der Waals surface area contributed by atoms with Crippen LogP contribution in [0.3, 0.4) is 0 Å². The number of rotatable bonds is 5. The summed E-state index contributed by atoms with van der Waals surface area (Å²) in [5.74, 6) is -1.15. The molecule has 2 aromatic heterocycles. The number of aromatic nitrogens is 2. The number of amides is 1. The third-order valence-electron chi connectivity index (χ3n) is 3.14. The molecule has 1 amide bonds. The average Bonchev–Trinajstić information content (AvgIpc) is 3.10. The van der Waals surface area contributed by atoms with Gasteiger partial charge in [0, 0.05) is 16.7 Å². The monoisotopic (exact) mass is 378 g/mol. The first-order valence-electron chi connectivity index (χ1n) is 7.04.